The van der Waals surface area contributed by atoms with E-state index in [1.165, 1.54) is 18.6 Å². The van der Waals surface area contributed by atoms with Crippen molar-refractivity contribution in [2.45, 2.75) is 0 Å². The first-order valence-electron chi connectivity index (χ1n) is 6.22. The summed E-state index contributed by atoms with van der Waals surface area (Å²) in [5.74, 6) is 0.514. The predicted molar refractivity (Wildman–Crippen MR) is 83.9 cm³/mol. The number of phenolic OH excluding ortho intramolecular Hbond substituents is 1. The Bertz CT molecular complexity index is 820. The highest BCUT2D eigenvalue weighted by molar-refractivity contribution is 6.31. The number of aromatic hydroxyl groups is 1. The van der Waals surface area contributed by atoms with Gasteiger partial charge in [-0.1, -0.05) is 41.9 Å². The van der Waals surface area contributed by atoms with E-state index in [9.17, 15) is 5.11 Å². The van der Waals surface area contributed by atoms with Gasteiger partial charge in [0, 0.05) is 18.0 Å². The van der Waals surface area contributed by atoms with Gasteiger partial charge in [-0.2, -0.15) is 5.10 Å². The predicted octanol–water partition coefficient (Wildman–Crippen LogP) is 3.43. The molecule has 2 aromatic carbocycles. The first kappa shape index (κ1) is 13.3. The molecule has 3 rings (SSSR count). The maximum absolute atomic E-state index is 9.99. The Morgan fingerprint density at radius 3 is 2.76 bits per heavy atom. The van der Waals surface area contributed by atoms with Gasteiger partial charge in [0.05, 0.1) is 6.21 Å². The van der Waals surface area contributed by atoms with Gasteiger partial charge in [-0.25, -0.2) is 9.97 Å². The molecule has 21 heavy (non-hydrogen) atoms. The van der Waals surface area contributed by atoms with Gasteiger partial charge >= 0.3 is 0 Å². The summed E-state index contributed by atoms with van der Waals surface area (Å²) in [6, 6.07) is 11.2. The third-order valence-corrected chi connectivity index (χ3v) is 3.24. The van der Waals surface area contributed by atoms with Gasteiger partial charge in [0.2, 0.25) is 0 Å². The molecule has 0 bridgehead atoms. The van der Waals surface area contributed by atoms with Crippen LogP contribution in [0, 0.1) is 0 Å². The molecule has 0 amide bonds. The molecule has 0 aliphatic carbocycles. The molecular weight excluding hydrogens is 288 g/mol. The van der Waals surface area contributed by atoms with Crippen LogP contribution in [-0.4, -0.2) is 21.3 Å². The third kappa shape index (κ3) is 2.78. The summed E-state index contributed by atoms with van der Waals surface area (Å²) in [6.07, 6.45) is 4.54. The zero-order valence-corrected chi connectivity index (χ0v) is 11.6. The molecule has 0 saturated heterocycles. The van der Waals surface area contributed by atoms with Gasteiger partial charge in [0.25, 0.3) is 0 Å². The zero-order valence-electron chi connectivity index (χ0n) is 10.9. The largest absolute Gasteiger partial charge is 0.507 e. The molecule has 2 N–H and O–H groups in total. The van der Waals surface area contributed by atoms with Crippen LogP contribution in [0.2, 0.25) is 5.15 Å². The second-order valence-electron chi connectivity index (χ2n) is 4.29. The van der Waals surface area contributed by atoms with Crippen molar-refractivity contribution >= 4 is 34.4 Å². The van der Waals surface area contributed by atoms with Gasteiger partial charge in [-0.3, -0.25) is 5.43 Å². The quantitative estimate of drug-likeness (QED) is 0.574. The number of anilines is 1. The fourth-order valence-electron chi connectivity index (χ4n) is 1.97. The summed E-state index contributed by atoms with van der Waals surface area (Å²) in [5.41, 5.74) is 3.33. The summed E-state index contributed by atoms with van der Waals surface area (Å²) in [7, 11) is 0. The van der Waals surface area contributed by atoms with E-state index in [-0.39, 0.29) is 10.9 Å². The first-order chi connectivity index (χ1) is 10.3. The van der Waals surface area contributed by atoms with E-state index in [4.69, 9.17) is 11.6 Å². The van der Waals surface area contributed by atoms with Crippen molar-refractivity contribution in [1.29, 1.82) is 0 Å². The van der Waals surface area contributed by atoms with Crippen molar-refractivity contribution in [2.24, 2.45) is 5.10 Å². The number of hydrogen-bond acceptors (Lipinski definition) is 5. The summed E-state index contributed by atoms with van der Waals surface area (Å²) >= 11 is 5.87. The van der Waals surface area contributed by atoms with Crippen LogP contribution in [-0.2, 0) is 0 Å². The molecule has 0 spiro atoms. The number of hydrogen-bond donors (Lipinski definition) is 2. The SMILES string of the molecule is Oc1ccc2ccccc2c1C=NNc1nccnc1Cl. The highest BCUT2D eigenvalue weighted by Gasteiger charge is 2.04. The topological polar surface area (TPSA) is 70.4 Å². The molecule has 0 atom stereocenters. The maximum atomic E-state index is 9.99. The van der Waals surface area contributed by atoms with Gasteiger partial charge in [-0.15, -0.1) is 0 Å². The van der Waals surface area contributed by atoms with Crippen LogP contribution in [0.5, 0.6) is 5.75 Å². The molecule has 1 aromatic heterocycles. The van der Waals surface area contributed by atoms with E-state index < -0.39 is 0 Å². The number of nitrogens with one attached hydrogen (secondary N) is 1. The van der Waals surface area contributed by atoms with Crippen molar-refractivity contribution in [3.63, 3.8) is 0 Å². The van der Waals surface area contributed by atoms with E-state index in [1.807, 2.05) is 30.3 Å². The van der Waals surface area contributed by atoms with E-state index in [0.29, 0.717) is 11.4 Å². The van der Waals surface area contributed by atoms with Crippen LogP contribution in [0.1, 0.15) is 5.56 Å². The molecule has 0 radical (unpaired) electrons. The van der Waals surface area contributed by atoms with Crippen molar-refractivity contribution in [2.75, 3.05) is 5.43 Å². The Kier molecular flexibility index (Phi) is 3.66. The minimum atomic E-state index is 0.157. The van der Waals surface area contributed by atoms with Crippen molar-refractivity contribution in [3.8, 4) is 5.75 Å². The monoisotopic (exact) mass is 298 g/mol. The fourth-order valence-corrected chi connectivity index (χ4v) is 2.12. The van der Waals surface area contributed by atoms with Crippen LogP contribution >= 0.6 is 11.6 Å². The van der Waals surface area contributed by atoms with E-state index in [2.05, 4.69) is 20.5 Å². The normalized spacial score (nSPS) is 11.1. The molecule has 0 fully saturated rings. The molecule has 6 heteroatoms. The lowest BCUT2D eigenvalue weighted by Gasteiger charge is -2.05. The second kappa shape index (κ2) is 5.76. The molecule has 104 valence electrons. The molecule has 0 aliphatic heterocycles. The third-order valence-electron chi connectivity index (χ3n) is 2.97. The van der Waals surface area contributed by atoms with E-state index in [1.54, 1.807) is 6.07 Å². The first-order valence-corrected chi connectivity index (χ1v) is 6.60. The molecule has 0 saturated carbocycles. The molecule has 3 aromatic rings. The summed E-state index contributed by atoms with van der Waals surface area (Å²) in [4.78, 5) is 7.90. The smallest absolute Gasteiger partial charge is 0.184 e. The molecule has 1 heterocycles. The van der Waals surface area contributed by atoms with Crippen LogP contribution < -0.4 is 5.43 Å². The lowest BCUT2D eigenvalue weighted by molar-refractivity contribution is 0.475. The number of benzene rings is 2. The van der Waals surface area contributed by atoms with E-state index >= 15 is 0 Å². The summed E-state index contributed by atoms with van der Waals surface area (Å²) in [5, 5.41) is 16.2. The highest BCUT2D eigenvalue weighted by Crippen LogP contribution is 2.25. The number of rotatable bonds is 3. The minimum absolute atomic E-state index is 0.157. The Morgan fingerprint density at radius 2 is 1.90 bits per heavy atom. The average Bonchev–Trinajstić information content (AvgIpc) is 2.51. The Labute approximate surface area is 125 Å². The summed E-state index contributed by atoms with van der Waals surface area (Å²) < 4.78 is 0. The Hall–Kier alpha value is -2.66. The molecule has 0 aliphatic rings. The number of hydrazone groups is 1. The Morgan fingerprint density at radius 1 is 1.10 bits per heavy atom. The molecule has 5 nitrogen and oxygen atoms in total. The number of fused-ring (bicyclic) bond motifs is 1. The molecule has 0 unspecified atom stereocenters. The van der Waals surface area contributed by atoms with Gasteiger partial charge in [-0.05, 0) is 16.8 Å². The van der Waals surface area contributed by atoms with Gasteiger partial charge in [0.15, 0.2) is 11.0 Å². The van der Waals surface area contributed by atoms with Crippen LogP contribution in [0.4, 0.5) is 5.82 Å². The maximum Gasteiger partial charge on any atom is 0.184 e. The van der Waals surface area contributed by atoms with Crippen LogP contribution in [0.15, 0.2) is 53.9 Å². The van der Waals surface area contributed by atoms with Crippen molar-refractivity contribution < 1.29 is 5.11 Å². The van der Waals surface area contributed by atoms with Crippen molar-refractivity contribution in [1.82, 2.24) is 9.97 Å². The minimum Gasteiger partial charge on any atom is -0.507 e. The number of halogens is 1. The van der Waals surface area contributed by atoms with Gasteiger partial charge in [0.1, 0.15) is 5.75 Å². The number of phenols is 1. The highest BCUT2D eigenvalue weighted by atomic mass is 35.5. The fraction of sp³-hybridized carbons (Fsp3) is 0. The van der Waals surface area contributed by atoms with Crippen LogP contribution in [0.3, 0.4) is 0 Å². The van der Waals surface area contributed by atoms with Gasteiger partial charge < -0.3 is 5.11 Å². The van der Waals surface area contributed by atoms with E-state index in [0.717, 1.165) is 10.8 Å². The molecular formula is C15H11ClN4O. The van der Waals surface area contributed by atoms with Crippen molar-refractivity contribution in [3.05, 3.63) is 59.5 Å². The Balaban J connectivity index is 1.93. The zero-order chi connectivity index (χ0) is 14.7. The lowest BCUT2D eigenvalue weighted by Crippen LogP contribution is -1.96. The summed E-state index contributed by atoms with van der Waals surface area (Å²) in [6.45, 7) is 0. The van der Waals surface area contributed by atoms with Crippen LogP contribution in [0.25, 0.3) is 10.8 Å². The standard InChI is InChI=1S/C15H11ClN4O/c16-14-15(18-8-7-17-14)20-19-9-12-11-4-2-1-3-10(11)5-6-13(12)21/h1-9,21H,(H,18,20). The lowest BCUT2D eigenvalue weighted by atomic mass is 10.0. The number of aromatic nitrogens is 2. The number of nitrogens with zero attached hydrogens (tertiary/aromatic N) is 3. The average molecular weight is 299 g/mol. The second-order valence-corrected chi connectivity index (χ2v) is 4.64.